The average molecular weight is 257 g/mol. The number of aromatic nitrogens is 2. The maximum Gasteiger partial charge on any atom is 0.329 e. The lowest BCUT2D eigenvalue weighted by molar-refractivity contribution is -0.384. The van der Waals surface area contributed by atoms with Gasteiger partial charge in [-0.1, -0.05) is 0 Å². The number of nitro groups is 1. The summed E-state index contributed by atoms with van der Waals surface area (Å²) in [7, 11) is 0. The van der Waals surface area contributed by atoms with Crippen molar-refractivity contribution >= 4 is 29.2 Å². The van der Waals surface area contributed by atoms with Gasteiger partial charge in [0.2, 0.25) is 11.8 Å². The normalized spacial score (nSPS) is 10.2. The molecule has 0 atom stereocenters. The van der Waals surface area contributed by atoms with Crippen molar-refractivity contribution in [1.82, 2.24) is 9.97 Å². The molecule has 0 fully saturated rings. The summed E-state index contributed by atoms with van der Waals surface area (Å²) in [6.07, 6.45) is 5.29. The minimum atomic E-state index is -0.600. The Bertz CT molecular complexity index is 388. The molecule has 7 nitrogen and oxygen atoms in total. The third-order valence-corrected chi connectivity index (χ3v) is 2.75. The van der Waals surface area contributed by atoms with Gasteiger partial charge in [-0.3, -0.25) is 10.1 Å². The van der Waals surface area contributed by atoms with E-state index < -0.39 is 4.92 Å². The maximum absolute atomic E-state index is 10.5. The van der Waals surface area contributed by atoms with Crippen LogP contribution in [0.25, 0.3) is 0 Å². The van der Waals surface area contributed by atoms with E-state index in [1.807, 2.05) is 0 Å². The van der Waals surface area contributed by atoms with Crippen LogP contribution in [-0.2, 0) is 0 Å². The van der Waals surface area contributed by atoms with E-state index in [2.05, 4.69) is 21.5 Å². The molecule has 1 rings (SSSR count). The van der Waals surface area contributed by atoms with E-state index in [1.54, 1.807) is 11.8 Å². The van der Waals surface area contributed by atoms with Crippen molar-refractivity contribution in [3.63, 3.8) is 0 Å². The number of nitrogen functional groups attached to an aromatic ring is 1. The highest BCUT2D eigenvalue weighted by atomic mass is 32.2. The Morgan fingerprint density at radius 1 is 1.59 bits per heavy atom. The van der Waals surface area contributed by atoms with Crippen LogP contribution < -0.4 is 11.1 Å². The number of hydrogen-bond donors (Lipinski definition) is 2. The average Bonchev–Trinajstić information content (AvgIpc) is 2.28. The minimum Gasteiger partial charge on any atom is -0.378 e. The van der Waals surface area contributed by atoms with E-state index >= 15 is 0 Å². The van der Waals surface area contributed by atoms with Gasteiger partial charge in [-0.2, -0.15) is 16.7 Å². The summed E-state index contributed by atoms with van der Waals surface area (Å²) in [5.74, 6) is 1.33. The van der Waals surface area contributed by atoms with Crippen LogP contribution in [0.2, 0.25) is 0 Å². The smallest absolute Gasteiger partial charge is 0.329 e. The zero-order valence-electron chi connectivity index (χ0n) is 9.55. The van der Waals surface area contributed by atoms with E-state index in [0.717, 1.165) is 31.3 Å². The quantitative estimate of drug-likeness (QED) is 0.433. The molecule has 94 valence electrons. The molecule has 0 unspecified atom stereocenters. The van der Waals surface area contributed by atoms with Gasteiger partial charge < -0.3 is 11.1 Å². The monoisotopic (exact) mass is 257 g/mol. The van der Waals surface area contributed by atoms with Crippen molar-refractivity contribution in [2.45, 2.75) is 12.8 Å². The Hall–Kier alpha value is -1.57. The number of nitrogens with zero attached hydrogens (tertiary/aromatic N) is 3. The highest BCUT2D eigenvalue weighted by molar-refractivity contribution is 7.98. The Labute approximate surface area is 103 Å². The van der Waals surface area contributed by atoms with Gasteiger partial charge in [0, 0.05) is 6.54 Å². The first kappa shape index (κ1) is 13.5. The number of nitrogens with one attached hydrogen (secondary N) is 1. The highest BCUT2D eigenvalue weighted by Crippen LogP contribution is 2.18. The lowest BCUT2D eigenvalue weighted by Gasteiger charge is -2.04. The number of nitrogens with two attached hydrogens (primary N) is 1. The van der Waals surface area contributed by atoms with Gasteiger partial charge in [0.1, 0.15) is 6.20 Å². The zero-order chi connectivity index (χ0) is 12.7. The van der Waals surface area contributed by atoms with Gasteiger partial charge in [0.05, 0.1) is 4.92 Å². The summed E-state index contributed by atoms with van der Waals surface area (Å²) in [5, 5.41) is 13.5. The van der Waals surface area contributed by atoms with Gasteiger partial charge in [-0.05, 0) is 24.9 Å². The van der Waals surface area contributed by atoms with Gasteiger partial charge in [-0.15, -0.1) is 0 Å². The maximum atomic E-state index is 10.5. The molecule has 1 heterocycles. The van der Waals surface area contributed by atoms with Crippen molar-refractivity contribution < 1.29 is 4.92 Å². The Balaban J connectivity index is 2.45. The fourth-order valence-corrected chi connectivity index (χ4v) is 1.68. The van der Waals surface area contributed by atoms with Crippen LogP contribution in [0.5, 0.6) is 0 Å². The largest absolute Gasteiger partial charge is 0.378 e. The lowest BCUT2D eigenvalue weighted by Crippen LogP contribution is -2.08. The van der Waals surface area contributed by atoms with Gasteiger partial charge in [-0.25, -0.2) is 4.98 Å². The van der Waals surface area contributed by atoms with Gasteiger partial charge in [0.15, 0.2) is 0 Å². The van der Waals surface area contributed by atoms with E-state index in [9.17, 15) is 10.1 Å². The van der Waals surface area contributed by atoms with Crippen LogP contribution in [0.4, 0.5) is 17.5 Å². The molecule has 1 aromatic heterocycles. The first-order chi connectivity index (χ1) is 8.15. The second kappa shape index (κ2) is 6.89. The van der Waals surface area contributed by atoms with E-state index in [0.29, 0.717) is 5.95 Å². The third kappa shape index (κ3) is 4.43. The predicted molar refractivity (Wildman–Crippen MR) is 69.2 cm³/mol. The Morgan fingerprint density at radius 2 is 2.35 bits per heavy atom. The van der Waals surface area contributed by atoms with Crippen LogP contribution in [0.1, 0.15) is 12.8 Å². The summed E-state index contributed by atoms with van der Waals surface area (Å²) < 4.78 is 0. The molecule has 8 heteroatoms. The topological polar surface area (TPSA) is 107 Å². The highest BCUT2D eigenvalue weighted by Gasteiger charge is 2.13. The molecule has 0 aromatic carbocycles. The Morgan fingerprint density at radius 3 is 2.94 bits per heavy atom. The molecular weight excluding hydrogens is 242 g/mol. The van der Waals surface area contributed by atoms with Gasteiger partial charge >= 0.3 is 5.69 Å². The fourth-order valence-electron chi connectivity index (χ4n) is 1.19. The van der Waals surface area contributed by atoms with Crippen molar-refractivity contribution in [1.29, 1.82) is 0 Å². The fraction of sp³-hybridized carbons (Fsp3) is 0.556. The first-order valence-electron chi connectivity index (χ1n) is 5.15. The summed E-state index contributed by atoms with van der Waals surface area (Å²) in [5.41, 5.74) is 5.17. The van der Waals surface area contributed by atoms with E-state index in [4.69, 9.17) is 5.73 Å². The van der Waals surface area contributed by atoms with E-state index in [-0.39, 0.29) is 11.5 Å². The molecule has 0 spiro atoms. The number of unbranched alkanes of at least 4 members (excludes halogenated alkanes) is 1. The van der Waals surface area contributed by atoms with Crippen molar-refractivity contribution in [2.75, 3.05) is 29.6 Å². The molecule has 3 N–H and O–H groups in total. The third-order valence-electron chi connectivity index (χ3n) is 2.05. The summed E-state index contributed by atoms with van der Waals surface area (Å²) in [6.45, 7) is 0.734. The second-order valence-electron chi connectivity index (χ2n) is 3.35. The second-order valence-corrected chi connectivity index (χ2v) is 4.33. The van der Waals surface area contributed by atoms with Crippen LogP contribution in [0, 0.1) is 10.1 Å². The lowest BCUT2D eigenvalue weighted by atomic mass is 10.3. The van der Waals surface area contributed by atoms with E-state index in [1.165, 1.54) is 0 Å². The van der Waals surface area contributed by atoms with Crippen molar-refractivity contribution in [3.05, 3.63) is 16.3 Å². The summed E-state index contributed by atoms with van der Waals surface area (Å²) >= 11 is 1.80. The summed E-state index contributed by atoms with van der Waals surface area (Å²) in [4.78, 5) is 17.5. The molecule has 0 aliphatic rings. The SMILES string of the molecule is CSCCCCNc1ncc([N+](=O)[O-])c(N)n1. The Kier molecular flexibility index (Phi) is 5.47. The standard InChI is InChI=1S/C9H15N5O2S/c1-17-5-3-2-4-11-9-12-6-7(14(15)16)8(10)13-9/h6H,2-5H2,1H3,(H3,10,11,12,13). The molecule has 0 aliphatic carbocycles. The predicted octanol–water partition coefficient (Wildman–Crippen LogP) is 1.52. The molecule has 1 aromatic rings. The van der Waals surface area contributed by atoms with Crippen LogP contribution in [-0.4, -0.2) is 33.4 Å². The molecule has 17 heavy (non-hydrogen) atoms. The van der Waals surface area contributed by atoms with Crippen LogP contribution in [0.15, 0.2) is 6.20 Å². The van der Waals surface area contributed by atoms with Crippen LogP contribution >= 0.6 is 11.8 Å². The first-order valence-corrected chi connectivity index (χ1v) is 6.54. The molecular formula is C9H15N5O2S. The molecule has 0 amide bonds. The molecule has 0 saturated heterocycles. The van der Waals surface area contributed by atoms with Crippen molar-refractivity contribution in [2.24, 2.45) is 0 Å². The molecule has 0 aliphatic heterocycles. The zero-order valence-corrected chi connectivity index (χ0v) is 10.4. The molecule has 0 radical (unpaired) electrons. The van der Waals surface area contributed by atoms with Gasteiger partial charge in [0.25, 0.3) is 0 Å². The molecule has 0 bridgehead atoms. The van der Waals surface area contributed by atoms with Crippen LogP contribution in [0.3, 0.4) is 0 Å². The minimum absolute atomic E-state index is 0.114. The van der Waals surface area contributed by atoms with Crippen molar-refractivity contribution in [3.8, 4) is 0 Å². The molecule has 0 saturated carbocycles. The number of thioether (sulfide) groups is 1. The number of anilines is 2. The number of rotatable bonds is 7. The number of hydrogen-bond acceptors (Lipinski definition) is 7. The summed E-state index contributed by atoms with van der Waals surface area (Å²) in [6, 6.07) is 0.